The van der Waals surface area contributed by atoms with Crippen LogP contribution in [0.15, 0.2) is 0 Å². The van der Waals surface area contributed by atoms with Crippen LogP contribution in [0.25, 0.3) is 0 Å². The van der Waals surface area contributed by atoms with Crippen LogP contribution < -0.4 is 5.32 Å². The fourth-order valence-electron chi connectivity index (χ4n) is 3.48. The van der Waals surface area contributed by atoms with Crippen molar-refractivity contribution in [1.29, 1.82) is 0 Å². The second-order valence-corrected chi connectivity index (χ2v) is 9.02. The Morgan fingerprint density at radius 3 is 2.47 bits per heavy atom. The highest BCUT2D eigenvalue weighted by Crippen LogP contribution is 2.37. The second-order valence-electron chi connectivity index (χ2n) is 6.80. The molecule has 1 heterocycles. The van der Waals surface area contributed by atoms with E-state index in [9.17, 15) is 8.42 Å². The van der Waals surface area contributed by atoms with Crippen LogP contribution in [0.1, 0.15) is 47.0 Å². The maximum Gasteiger partial charge on any atom is 0.156 e. The SMILES string of the molecule is CC(C)C1CCC2NC(C)(C)CS(=O)(=O)C2C1. The minimum Gasteiger partial charge on any atom is -0.307 e. The molecule has 2 fully saturated rings. The fourth-order valence-corrected chi connectivity index (χ4v) is 6.03. The molecule has 100 valence electrons. The summed E-state index contributed by atoms with van der Waals surface area (Å²) in [6.07, 6.45) is 3.03. The summed E-state index contributed by atoms with van der Waals surface area (Å²) in [4.78, 5) is 0. The van der Waals surface area contributed by atoms with E-state index >= 15 is 0 Å². The molecule has 3 atom stereocenters. The molecule has 3 unspecified atom stereocenters. The molecule has 0 bridgehead atoms. The molecule has 1 aliphatic carbocycles. The van der Waals surface area contributed by atoms with Gasteiger partial charge in [-0.05, 0) is 44.9 Å². The third-order valence-electron chi connectivity index (χ3n) is 4.37. The molecular formula is C13H25NO2S. The lowest BCUT2D eigenvalue weighted by molar-refractivity contribution is 0.205. The highest BCUT2D eigenvalue weighted by molar-refractivity contribution is 7.92. The molecule has 0 amide bonds. The van der Waals surface area contributed by atoms with Crippen molar-refractivity contribution < 1.29 is 8.42 Å². The standard InChI is InChI=1S/C13H25NO2S/c1-9(2)10-5-6-11-12(7-10)17(15,16)8-13(3,4)14-11/h9-12,14H,5-8H2,1-4H3. The Hall–Kier alpha value is -0.0900. The zero-order valence-corrected chi connectivity index (χ0v) is 12.2. The highest BCUT2D eigenvalue weighted by Gasteiger charge is 2.47. The summed E-state index contributed by atoms with van der Waals surface area (Å²) in [5.74, 6) is 1.46. The number of hydrogen-bond acceptors (Lipinski definition) is 3. The molecule has 2 rings (SSSR count). The molecule has 1 N–H and O–H groups in total. The van der Waals surface area contributed by atoms with Crippen LogP contribution in [0, 0.1) is 11.8 Å². The van der Waals surface area contributed by atoms with Crippen molar-refractivity contribution >= 4 is 9.84 Å². The van der Waals surface area contributed by atoms with Gasteiger partial charge >= 0.3 is 0 Å². The zero-order chi connectivity index (χ0) is 12.8. The van der Waals surface area contributed by atoms with Crippen LogP contribution in [0.2, 0.25) is 0 Å². The quantitative estimate of drug-likeness (QED) is 0.783. The lowest BCUT2D eigenvalue weighted by Crippen LogP contribution is -2.64. The van der Waals surface area contributed by atoms with Gasteiger partial charge in [0.25, 0.3) is 0 Å². The molecule has 4 heteroatoms. The zero-order valence-electron chi connectivity index (χ0n) is 11.4. The van der Waals surface area contributed by atoms with Crippen molar-refractivity contribution in [3.05, 3.63) is 0 Å². The van der Waals surface area contributed by atoms with Gasteiger partial charge in [0.1, 0.15) is 0 Å². The number of hydrogen-bond donors (Lipinski definition) is 1. The molecule has 3 nitrogen and oxygen atoms in total. The summed E-state index contributed by atoms with van der Waals surface area (Å²) >= 11 is 0. The van der Waals surface area contributed by atoms with Crippen molar-refractivity contribution in [2.24, 2.45) is 11.8 Å². The van der Waals surface area contributed by atoms with E-state index in [1.165, 1.54) is 0 Å². The summed E-state index contributed by atoms with van der Waals surface area (Å²) in [7, 11) is -2.92. The van der Waals surface area contributed by atoms with Crippen LogP contribution in [0.4, 0.5) is 0 Å². The highest BCUT2D eigenvalue weighted by atomic mass is 32.2. The Labute approximate surface area is 105 Å². The first-order valence-corrected chi connectivity index (χ1v) is 8.42. The van der Waals surface area contributed by atoms with Gasteiger partial charge in [0.05, 0.1) is 11.0 Å². The van der Waals surface area contributed by atoms with Gasteiger partial charge in [0.15, 0.2) is 9.84 Å². The van der Waals surface area contributed by atoms with Gasteiger partial charge in [-0.2, -0.15) is 0 Å². The van der Waals surface area contributed by atoms with Gasteiger partial charge in [0, 0.05) is 11.6 Å². The molecule has 0 spiro atoms. The van der Waals surface area contributed by atoms with Gasteiger partial charge in [-0.15, -0.1) is 0 Å². The molecule has 1 saturated heterocycles. The molecule has 1 saturated carbocycles. The normalized spacial score (nSPS) is 39.9. The Morgan fingerprint density at radius 2 is 1.88 bits per heavy atom. The summed E-state index contributed by atoms with van der Waals surface area (Å²) in [5, 5.41) is 3.39. The Morgan fingerprint density at radius 1 is 1.24 bits per heavy atom. The number of rotatable bonds is 1. The van der Waals surface area contributed by atoms with Crippen LogP contribution >= 0.6 is 0 Å². The molecule has 17 heavy (non-hydrogen) atoms. The van der Waals surface area contributed by atoms with E-state index in [0.717, 1.165) is 19.3 Å². The molecule has 0 aromatic carbocycles. The second kappa shape index (κ2) is 4.23. The number of nitrogens with one attached hydrogen (secondary N) is 1. The van der Waals surface area contributed by atoms with Gasteiger partial charge in [-0.25, -0.2) is 8.42 Å². The van der Waals surface area contributed by atoms with Gasteiger partial charge in [-0.1, -0.05) is 13.8 Å². The molecular weight excluding hydrogens is 234 g/mol. The van der Waals surface area contributed by atoms with E-state index in [0.29, 0.717) is 11.8 Å². The summed E-state index contributed by atoms with van der Waals surface area (Å²) in [6.45, 7) is 8.40. The van der Waals surface area contributed by atoms with Crippen LogP contribution in [-0.2, 0) is 9.84 Å². The minimum absolute atomic E-state index is 0.142. The van der Waals surface area contributed by atoms with E-state index in [1.54, 1.807) is 0 Å². The maximum absolute atomic E-state index is 12.4. The van der Waals surface area contributed by atoms with E-state index in [2.05, 4.69) is 19.2 Å². The lowest BCUT2D eigenvalue weighted by atomic mass is 9.78. The summed E-state index contributed by atoms with van der Waals surface area (Å²) in [5.41, 5.74) is -0.259. The first-order valence-electron chi connectivity index (χ1n) is 6.70. The predicted molar refractivity (Wildman–Crippen MR) is 70.8 cm³/mol. The Kier molecular flexibility index (Phi) is 3.32. The van der Waals surface area contributed by atoms with Crippen LogP contribution in [0.5, 0.6) is 0 Å². The number of fused-ring (bicyclic) bond motifs is 1. The van der Waals surface area contributed by atoms with Gasteiger partial charge < -0.3 is 5.32 Å². The summed E-state index contributed by atoms with van der Waals surface area (Å²) < 4.78 is 24.7. The lowest BCUT2D eigenvalue weighted by Gasteiger charge is -2.46. The predicted octanol–water partition coefficient (Wildman–Crippen LogP) is 1.98. The number of sulfone groups is 1. The third kappa shape index (κ3) is 2.68. The maximum atomic E-state index is 12.4. The molecule has 2 aliphatic rings. The average molecular weight is 259 g/mol. The third-order valence-corrected chi connectivity index (χ3v) is 6.94. The van der Waals surface area contributed by atoms with Crippen molar-refractivity contribution in [3.63, 3.8) is 0 Å². The van der Waals surface area contributed by atoms with Crippen LogP contribution in [0.3, 0.4) is 0 Å². The van der Waals surface area contributed by atoms with E-state index < -0.39 is 9.84 Å². The Balaban J connectivity index is 2.20. The average Bonchev–Trinajstić information content (AvgIpc) is 2.13. The minimum atomic E-state index is -2.92. The molecule has 1 aliphatic heterocycles. The van der Waals surface area contributed by atoms with Crippen molar-refractivity contribution in [2.45, 2.75) is 63.8 Å². The van der Waals surface area contributed by atoms with Crippen molar-refractivity contribution in [2.75, 3.05) is 5.75 Å². The Bertz CT molecular complexity index is 386. The summed E-state index contributed by atoms with van der Waals surface area (Å²) in [6, 6.07) is 0.179. The first kappa shape index (κ1) is 13.3. The van der Waals surface area contributed by atoms with Gasteiger partial charge in [0.2, 0.25) is 0 Å². The van der Waals surface area contributed by atoms with E-state index in [1.807, 2.05) is 13.8 Å². The van der Waals surface area contributed by atoms with Crippen LogP contribution in [-0.4, -0.2) is 31.0 Å². The smallest absolute Gasteiger partial charge is 0.156 e. The molecule has 0 aromatic heterocycles. The van der Waals surface area contributed by atoms with Crippen molar-refractivity contribution in [1.82, 2.24) is 5.32 Å². The first-order chi connectivity index (χ1) is 7.71. The fraction of sp³-hybridized carbons (Fsp3) is 1.00. The monoisotopic (exact) mass is 259 g/mol. The molecule has 0 radical (unpaired) electrons. The van der Waals surface area contributed by atoms with Gasteiger partial charge in [-0.3, -0.25) is 0 Å². The van der Waals surface area contributed by atoms with E-state index in [-0.39, 0.29) is 22.6 Å². The molecule has 0 aromatic rings. The van der Waals surface area contributed by atoms with E-state index in [4.69, 9.17) is 0 Å². The topological polar surface area (TPSA) is 46.2 Å². The largest absolute Gasteiger partial charge is 0.307 e. The van der Waals surface area contributed by atoms with Crippen molar-refractivity contribution in [3.8, 4) is 0 Å².